The lowest BCUT2D eigenvalue weighted by Crippen LogP contribution is -2.30. The van der Waals surface area contributed by atoms with E-state index >= 15 is 0 Å². The minimum atomic E-state index is -4.97. The van der Waals surface area contributed by atoms with Crippen molar-refractivity contribution >= 4 is 39.5 Å². The molecule has 0 aromatic carbocycles. The molecule has 0 spiro atoms. The Hall–Kier alpha value is -2.98. The number of ether oxygens (including phenoxy) is 4. The van der Waals surface area contributed by atoms with Crippen molar-refractivity contribution in [3.8, 4) is 0 Å². The second kappa shape index (κ2) is 63.1. The maximum absolute atomic E-state index is 13.0. The lowest BCUT2D eigenvalue weighted by Gasteiger charge is -2.21. The molecular formula is C72H132O17P2. The molecule has 0 heterocycles. The Kier molecular flexibility index (Phi) is 61.0. The fourth-order valence-corrected chi connectivity index (χ4v) is 11.4. The highest BCUT2D eigenvalue weighted by Crippen LogP contribution is 2.45. The van der Waals surface area contributed by atoms with Crippen LogP contribution in [-0.4, -0.2) is 96.7 Å². The second-order valence-corrected chi connectivity index (χ2v) is 28.2. The van der Waals surface area contributed by atoms with Crippen molar-refractivity contribution in [2.45, 2.75) is 336 Å². The number of carbonyl (C=O) groups excluding carboxylic acids is 4. The summed E-state index contributed by atoms with van der Waals surface area (Å²) >= 11 is 0. The molecule has 0 aliphatic heterocycles. The lowest BCUT2D eigenvalue weighted by atomic mass is 9.99. The van der Waals surface area contributed by atoms with E-state index in [1.165, 1.54) is 103 Å². The Morgan fingerprint density at radius 1 is 0.363 bits per heavy atom. The van der Waals surface area contributed by atoms with Crippen LogP contribution in [0.2, 0.25) is 0 Å². The summed E-state index contributed by atoms with van der Waals surface area (Å²) in [4.78, 5) is 72.5. The highest BCUT2D eigenvalue weighted by atomic mass is 31.2. The zero-order chi connectivity index (χ0) is 67.2. The molecule has 0 saturated heterocycles. The topological polar surface area (TPSA) is 237 Å². The summed E-state index contributed by atoms with van der Waals surface area (Å²) in [5.74, 6) is -0.739. The molecule has 0 aromatic rings. The largest absolute Gasteiger partial charge is 0.472 e. The molecule has 0 aliphatic carbocycles. The van der Waals surface area contributed by atoms with Gasteiger partial charge in [0.2, 0.25) is 0 Å². The van der Waals surface area contributed by atoms with E-state index in [4.69, 9.17) is 37.0 Å². The van der Waals surface area contributed by atoms with Crippen LogP contribution in [0.5, 0.6) is 0 Å². The summed E-state index contributed by atoms with van der Waals surface area (Å²) in [7, 11) is -9.93. The van der Waals surface area contributed by atoms with Gasteiger partial charge in [-0.25, -0.2) is 9.13 Å². The van der Waals surface area contributed by atoms with Crippen LogP contribution in [0.1, 0.15) is 318 Å². The van der Waals surface area contributed by atoms with Gasteiger partial charge in [-0.2, -0.15) is 0 Å². The van der Waals surface area contributed by atoms with Crippen molar-refractivity contribution in [1.29, 1.82) is 0 Å². The number of hydrogen-bond acceptors (Lipinski definition) is 15. The van der Waals surface area contributed by atoms with Gasteiger partial charge in [0.1, 0.15) is 19.3 Å². The van der Waals surface area contributed by atoms with Gasteiger partial charge in [-0.1, -0.05) is 264 Å². The highest BCUT2D eigenvalue weighted by molar-refractivity contribution is 7.47. The molecule has 3 unspecified atom stereocenters. The summed E-state index contributed by atoms with van der Waals surface area (Å²) in [6, 6.07) is 0. The van der Waals surface area contributed by atoms with Crippen molar-refractivity contribution in [1.82, 2.24) is 0 Å². The van der Waals surface area contributed by atoms with E-state index < -0.39 is 97.5 Å². The van der Waals surface area contributed by atoms with Gasteiger partial charge in [0.15, 0.2) is 12.2 Å². The molecule has 3 N–H and O–H groups in total. The first kappa shape index (κ1) is 88.0. The van der Waals surface area contributed by atoms with Crippen LogP contribution in [0.4, 0.5) is 0 Å². The number of aliphatic hydroxyl groups excluding tert-OH is 1. The Morgan fingerprint density at radius 3 is 0.978 bits per heavy atom. The molecule has 0 aromatic heterocycles. The van der Waals surface area contributed by atoms with E-state index in [0.29, 0.717) is 31.6 Å². The summed E-state index contributed by atoms with van der Waals surface area (Å²) in [6.07, 6.45) is 54.4. The van der Waals surface area contributed by atoms with E-state index in [9.17, 15) is 43.2 Å². The molecule has 19 heteroatoms. The van der Waals surface area contributed by atoms with Crippen molar-refractivity contribution < 1.29 is 80.2 Å². The number of carbonyl (C=O) groups is 4. The molecule has 0 bridgehead atoms. The Balaban J connectivity index is 5.32. The summed E-state index contributed by atoms with van der Waals surface area (Å²) in [5, 5.41) is 10.6. The standard InChI is InChI=1S/C72H132O17P2/c1-7-10-12-14-16-18-20-22-24-26-28-30-36-44-50-56-71(76)88-67(60-82-69(74)54-48-42-35-33-32-34-41-47-53-65(6)9-3)62-86-90(78,79)84-58-66(73)59-85-91(80,81)87-63-68(61-83-70(75)55-49-43-39-38-40-46-52-64(4)5)89-72(77)57-51-45-37-31-29-27-25-23-21-19-17-15-13-11-8-2/h18-25,64-68,73H,7-17,26-63H2,1-6H3,(H,78,79)(H,80,81)/b20-18-,21-19-,24-22-,25-23-/t65?,66-,67-,68-/m1/s1. The third kappa shape index (κ3) is 64.2. The minimum Gasteiger partial charge on any atom is -0.462 e. The van der Waals surface area contributed by atoms with Gasteiger partial charge in [-0.3, -0.25) is 37.3 Å². The van der Waals surface area contributed by atoms with Crippen molar-refractivity contribution in [3.63, 3.8) is 0 Å². The first-order valence-corrected chi connectivity index (χ1v) is 39.2. The maximum atomic E-state index is 13.0. The average molecular weight is 1330 g/mol. The van der Waals surface area contributed by atoms with E-state index in [-0.39, 0.29) is 25.7 Å². The molecular weight excluding hydrogens is 1200 g/mol. The van der Waals surface area contributed by atoms with E-state index in [1.54, 1.807) is 0 Å². The Bertz CT molecular complexity index is 1960. The van der Waals surface area contributed by atoms with Crippen LogP contribution in [-0.2, 0) is 65.4 Å². The van der Waals surface area contributed by atoms with Gasteiger partial charge in [0.25, 0.3) is 0 Å². The molecule has 532 valence electrons. The van der Waals surface area contributed by atoms with Gasteiger partial charge in [0, 0.05) is 25.7 Å². The third-order valence-corrected chi connectivity index (χ3v) is 17.7. The zero-order valence-corrected chi connectivity index (χ0v) is 59.9. The monoisotopic (exact) mass is 1330 g/mol. The first-order valence-electron chi connectivity index (χ1n) is 36.2. The molecule has 0 rings (SSSR count). The predicted octanol–water partition coefficient (Wildman–Crippen LogP) is 19.9. The number of hydrogen-bond donors (Lipinski definition) is 3. The number of allylic oxidation sites excluding steroid dienone is 8. The number of rotatable bonds is 67. The van der Waals surface area contributed by atoms with Gasteiger partial charge in [0.05, 0.1) is 26.4 Å². The molecule has 0 radical (unpaired) electrons. The Labute approximate surface area is 553 Å². The average Bonchev–Trinajstić information content (AvgIpc) is 2.98. The maximum Gasteiger partial charge on any atom is 0.472 e. The molecule has 0 fully saturated rings. The highest BCUT2D eigenvalue weighted by Gasteiger charge is 2.30. The smallest absolute Gasteiger partial charge is 0.462 e. The van der Waals surface area contributed by atoms with Crippen molar-refractivity contribution in [2.75, 3.05) is 39.6 Å². The number of aliphatic hydroxyl groups is 1. The molecule has 17 nitrogen and oxygen atoms in total. The molecule has 91 heavy (non-hydrogen) atoms. The SMILES string of the molecule is CCCCCC/C=C\C=C/CCCCCCCC(=O)O[C@H](COC(=O)CCCCCCCCCCC(C)CC)COP(=O)(O)OC[C@@H](O)COP(=O)(O)OC[C@@H](COC(=O)CCCCCCCCC(C)C)OC(=O)CCCCCCC/C=C\C=C/CCCCCC. The number of phosphoric acid groups is 2. The van der Waals surface area contributed by atoms with E-state index in [0.717, 1.165) is 128 Å². The van der Waals surface area contributed by atoms with Crippen LogP contribution in [0.3, 0.4) is 0 Å². The Morgan fingerprint density at radius 2 is 0.648 bits per heavy atom. The van der Waals surface area contributed by atoms with Crippen LogP contribution in [0.25, 0.3) is 0 Å². The normalized spacial score (nSPS) is 14.7. The summed E-state index contributed by atoms with van der Waals surface area (Å²) in [5.41, 5.74) is 0. The van der Waals surface area contributed by atoms with Gasteiger partial charge < -0.3 is 33.8 Å². The second-order valence-electron chi connectivity index (χ2n) is 25.3. The van der Waals surface area contributed by atoms with E-state index in [1.807, 2.05) is 0 Å². The summed E-state index contributed by atoms with van der Waals surface area (Å²) < 4.78 is 68.2. The third-order valence-electron chi connectivity index (χ3n) is 15.8. The van der Waals surface area contributed by atoms with E-state index in [2.05, 4.69) is 90.2 Å². The van der Waals surface area contributed by atoms with Crippen LogP contribution < -0.4 is 0 Å². The number of phosphoric ester groups is 2. The van der Waals surface area contributed by atoms with Crippen LogP contribution in [0.15, 0.2) is 48.6 Å². The summed E-state index contributed by atoms with van der Waals surface area (Å²) in [6.45, 7) is 9.33. The van der Waals surface area contributed by atoms with Crippen molar-refractivity contribution in [3.05, 3.63) is 48.6 Å². The predicted molar refractivity (Wildman–Crippen MR) is 367 cm³/mol. The van der Waals surface area contributed by atoms with Gasteiger partial charge in [-0.05, 0) is 88.9 Å². The molecule has 0 saturated carbocycles. The molecule has 0 aliphatic rings. The van der Waals surface area contributed by atoms with Crippen LogP contribution >= 0.6 is 15.6 Å². The fraction of sp³-hybridized carbons (Fsp3) is 0.833. The first-order chi connectivity index (χ1) is 43.9. The number of unbranched alkanes of at least 4 members (excludes halogenated alkanes) is 30. The molecule has 6 atom stereocenters. The number of esters is 4. The minimum absolute atomic E-state index is 0.0812. The van der Waals surface area contributed by atoms with Gasteiger partial charge in [-0.15, -0.1) is 0 Å². The van der Waals surface area contributed by atoms with Crippen LogP contribution in [0, 0.1) is 11.8 Å². The fourth-order valence-electron chi connectivity index (χ4n) is 9.83. The lowest BCUT2D eigenvalue weighted by molar-refractivity contribution is -0.161. The van der Waals surface area contributed by atoms with Crippen molar-refractivity contribution in [2.24, 2.45) is 11.8 Å². The quantitative estimate of drug-likeness (QED) is 0.0169. The zero-order valence-electron chi connectivity index (χ0n) is 58.1. The molecule has 0 amide bonds. The van der Waals surface area contributed by atoms with Gasteiger partial charge >= 0.3 is 39.5 Å².